The largest absolute Gasteiger partial charge is 0.342 e. The second-order valence-corrected chi connectivity index (χ2v) is 7.69. The molecule has 0 aliphatic rings. The molecule has 0 spiro atoms. The summed E-state index contributed by atoms with van der Waals surface area (Å²) >= 11 is 0. The molecule has 0 saturated heterocycles. The molecule has 0 amide bonds. The van der Waals surface area contributed by atoms with Gasteiger partial charge in [0.25, 0.3) is 0 Å². The lowest BCUT2D eigenvalue weighted by atomic mass is 9.96. The van der Waals surface area contributed by atoms with E-state index in [2.05, 4.69) is 68.5 Å². The van der Waals surface area contributed by atoms with Gasteiger partial charge < -0.3 is 9.97 Å². The van der Waals surface area contributed by atoms with Crippen molar-refractivity contribution < 1.29 is 0 Å². The standard InChI is InChI=1S/C25H19N5/c1-14-27-13-23(28-14)17-5-3-16(4-6-17)18-7-8-20-21(11-18)19-9-10-26-12-22(19)25-24(20)29-15(2)30-25/h3-13H,1-2H3,(H,27,28)(H,29,30). The summed E-state index contributed by atoms with van der Waals surface area (Å²) < 4.78 is 0. The van der Waals surface area contributed by atoms with Crippen LogP contribution in [0.15, 0.2) is 67.1 Å². The van der Waals surface area contributed by atoms with Gasteiger partial charge in [0.05, 0.1) is 22.9 Å². The molecule has 0 saturated carbocycles. The molecule has 0 bridgehead atoms. The molecule has 144 valence electrons. The van der Waals surface area contributed by atoms with E-state index in [1.807, 2.05) is 32.4 Å². The maximum absolute atomic E-state index is 4.71. The minimum absolute atomic E-state index is 0.913. The Morgan fingerprint density at radius 3 is 2.27 bits per heavy atom. The predicted octanol–water partition coefficient (Wildman–Crippen LogP) is 5.94. The van der Waals surface area contributed by atoms with Crippen LogP contribution in [0, 0.1) is 13.8 Å². The van der Waals surface area contributed by atoms with Crippen molar-refractivity contribution in [1.29, 1.82) is 0 Å². The van der Waals surface area contributed by atoms with Gasteiger partial charge in [0.1, 0.15) is 11.6 Å². The Hall–Kier alpha value is -3.99. The molecule has 3 aromatic carbocycles. The van der Waals surface area contributed by atoms with Crippen molar-refractivity contribution in [2.75, 3.05) is 0 Å². The van der Waals surface area contributed by atoms with Crippen LogP contribution in [0.5, 0.6) is 0 Å². The fraction of sp³-hybridized carbons (Fsp3) is 0.0800. The molecule has 30 heavy (non-hydrogen) atoms. The van der Waals surface area contributed by atoms with Crippen molar-refractivity contribution in [3.63, 3.8) is 0 Å². The van der Waals surface area contributed by atoms with Gasteiger partial charge in [0.15, 0.2) is 0 Å². The van der Waals surface area contributed by atoms with Crippen molar-refractivity contribution in [2.45, 2.75) is 13.8 Å². The Balaban J connectivity index is 1.55. The number of pyridine rings is 1. The first kappa shape index (κ1) is 16.9. The number of aromatic amines is 2. The average Bonchev–Trinajstić information content (AvgIpc) is 3.39. The van der Waals surface area contributed by atoms with Crippen molar-refractivity contribution >= 4 is 32.6 Å². The number of hydrogen-bond donors (Lipinski definition) is 2. The number of imidazole rings is 2. The van der Waals surface area contributed by atoms with Crippen LogP contribution in [0.25, 0.3) is 55.0 Å². The van der Waals surface area contributed by atoms with Crippen molar-refractivity contribution in [1.82, 2.24) is 24.9 Å². The molecular formula is C25H19N5. The van der Waals surface area contributed by atoms with Gasteiger partial charge in [-0.1, -0.05) is 36.4 Å². The zero-order chi connectivity index (χ0) is 20.2. The molecule has 0 aliphatic carbocycles. The molecule has 3 heterocycles. The molecule has 0 atom stereocenters. The first-order valence-electron chi connectivity index (χ1n) is 9.95. The summed E-state index contributed by atoms with van der Waals surface area (Å²) in [6.07, 6.45) is 5.63. The van der Waals surface area contributed by atoms with Gasteiger partial charge in [-0.15, -0.1) is 0 Å². The van der Waals surface area contributed by atoms with Gasteiger partial charge in [-0.05, 0) is 53.4 Å². The molecule has 0 fully saturated rings. The predicted molar refractivity (Wildman–Crippen MR) is 121 cm³/mol. The molecular weight excluding hydrogens is 370 g/mol. The summed E-state index contributed by atoms with van der Waals surface area (Å²) in [6.45, 7) is 3.95. The van der Waals surface area contributed by atoms with Gasteiger partial charge in [-0.2, -0.15) is 0 Å². The number of nitrogens with zero attached hydrogens (tertiary/aromatic N) is 3. The number of benzene rings is 3. The third-order valence-corrected chi connectivity index (χ3v) is 5.71. The third kappa shape index (κ3) is 2.52. The van der Waals surface area contributed by atoms with E-state index in [4.69, 9.17) is 4.98 Å². The van der Waals surface area contributed by atoms with Crippen LogP contribution in [0.1, 0.15) is 11.6 Å². The number of aryl methyl sites for hydroxylation is 2. The highest BCUT2D eigenvalue weighted by Gasteiger charge is 2.13. The van der Waals surface area contributed by atoms with Crippen LogP contribution >= 0.6 is 0 Å². The Kier molecular flexibility index (Phi) is 3.53. The zero-order valence-electron chi connectivity index (χ0n) is 16.7. The summed E-state index contributed by atoms with van der Waals surface area (Å²) in [7, 11) is 0. The van der Waals surface area contributed by atoms with Gasteiger partial charge in [-0.25, -0.2) is 9.97 Å². The number of aromatic nitrogens is 5. The lowest BCUT2D eigenvalue weighted by molar-refractivity contribution is 1.15. The Morgan fingerprint density at radius 1 is 0.667 bits per heavy atom. The van der Waals surface area contributed by atoms with Crippen molar-refractivity contribution in [2.24, 2.45) is 0 Å². The number of hydrogen-bond acceptors (Lipinski definition) is 3. The van der Waals surface area contributed by atoms with Gasteiger partial charge in [0.2, 0.25) is 0 Å². The fourth-order valence-electron chi connectivity index (χ4n) is 4.27. The SMILES string of the molecule is Cc1ncc(-c2ccc(-c3ccc4c(c3)c3ccncc3c3nc(C)[nH]c43)cc2)[nH]1. The minimum atomic E-state index is 0.913. The van der Waals surface area contributed by atoms with Crippen LogP contribution in [-0.2, 0) is 0 Å². The second kappa shape index (κ2) is 6.26. The van der Waals surface area contributed by atoms with E-state index in [1.165, 1.54) is 27.3 Å². The van der Waals surface area contributed by atoms with Crippen LogP contribution in [-0.4, -0.2) is 24.9 Å². The van der Waals surface area contributed by atoms with E-state index >= 15 is 0 Å². The van der Waals surface area contributed by atoms with E-state index in [-0.39, 0.29) is 0 Å². The molecule has 2 N–H and O–H groups in total. The van der Waals surface area contributed by atoms with Crippen LogP contribution < -0.4 is 0 Å². The maximum atomic E-state index is 4.71. The van der Waals surface area contributed by atoms with E-state index < -0.39 is 0 Å². The van der Waals surface area contributed by atoms with Crippen molar-refractivity contribution in [3.05, 3.63) is 78.8 Å². The molecule has 6 aromatic rings. The smallest absolute Gasteiger partial charge is 0.104 e. The fourth-order valence-corrected chi connectivity index (χ4v) is 4.27. The molecule has 0 radical (unpaired) electrons. The van der Waals surface area contributed by atoms with Crippen LogP contribution in [0.3, 0.4) is 0 Å². The summed E-state index contributed by atoms with van der Waals surface area (Å²) in [4.78, 5) is 20.1. The van der Waals surface area contributed by atoms with E-state index in [0.717, 1.165) is 39.3 Å². The van der Waals surface area contributed by atoms with Crippen LogP contribution in [0.2, 0.25) is 0 Å². The molecule has 3 aromatic heterocycles. The number of H-pyrrole nitrogens is 2. The summed E-state index contributed by atoms with van der Waals surface area (Å²) in [5, 5.41) is 4.63. The van der Waals surface area contributed by atoms with E-state index in [9.17, 15) is 0 Å². The lowest BCUT2D eigenvalue weighted by Gasteiger charge is -2.09. The summed E-state index contributed by atoms with van der Waals surface area (Å²) in [6, 6.07) is 17.3. The Bertz CT molecular complexity index is 1550. The molecule has 6 rings (SSSR count). The third-order valence-electron chi connectivity index (χ3n) is 5.71. The maximum Gasteiger partial charge on any atom is 0.104 e. The first-order chi connectivity index (χ1) is 14.7. The van der Waals surface area contributed by atoms with Gasteiger partial charge in [0, 0.05) is 23.2 Å². The highest BCUT2D eigenvalue weighted by Crippen LogP contribution is 2.36. The first-order valence-corrected chi connectivity index (χ1v) is 9.95. The second-order valence-electron chi connectivity index (χ2n) is 7.69. The number of fused-ring (bicyclic) bond motifs is 6. The molecule has 5 nitrogen and oxygen atoms in total. The lowest BCUT2D eigenvalue weighted by Crippen LogP contribution is -1.86. The van der Waals surface area contributed by atoms with E-state index in [1.54, 1.807) is 0 Å². The average molecular weight is 389 g/mol. The molecule has 0 unspecified atom stereocenters. The Morgan fingerprint density at radius 2 is 1.47 bits per heavy atom. The number of rotatable bonds is 2. The zero-order valence-corrected chi connectivity index (χ0v) is 16.7. The Labute approximate surface area is 172 Å². The summed E-state index contributed by atoms with van der Waals surface area (Å²) in [5.74, 6) is 1.83. The van der Waals surface area contributed by atoms with E-state index in [0.29, 0.717) is 0 Å². The molecule has 0 aliphatic heterocycles. The monoisotopic (exact) mass is 389 g/mol. The van der Waals surface area contributed by atoms with Crippen molar-refractivity contribution in [3.8, 4) is 22.4 Å². The van der Waals surface area contributed by atoms with Crippen LogP contribution in [0.4, 0.5) is 0 Å². The minimum Gasteiger partial charge on any atom is -0.342 e. The topological polar surface area (TPSA) is 70.2 Å². The highest BCUT2D eigenvalue weighted by atomic mass is 14.9. The number of nitrogens with one attached hydrogen (secondary N) is 2. The van der Waals surface area contributed by atoms with Gasteiger partial charge >= 0.3 is 0 Å². The quantitative estimate of drug-likeness (QED) is 0.360. The summed E-state index contributed by atoms with van der Waals surface area (Å²) in [5.41, 5.74) is 6.58. The van der Waals surface area contributed by atoms with Gasteiger partial charge in [-0.3, -0.25) is 4.98 Å². The molecule has 5 heteroatoms. The normalized spacial score (nSPS) is 11.7. The highest BCUT2D eigenvalue weighted by molar-refractivity contribution is 6.23.